The maximum absolute atomic E-state index is 12.2. The predicted octanol–water partition coefficient (Wildman–Crippen LogP) is 3.03. The van der Waals surface area contributed by atoms with Crippen LogP contribution in [-0.4, -0.2) is 24.4 Å². The van der Waals surface area contributed by atoms with Gasteiger partial charge in [0.2, 0.25) is 5.91 Å². The molecule has 1 heterocycles. The van der Waals surface area contributed by atoms with Crippen LogP contribution in [0.4, 0.5) is 0 Å². The van der Waals surface area contributed by atoms with Gasteiger partial charge in [-0.25, -0.2) is 0 Å². The normalized spacial score (nSPS) is 12.7. The average Bonchev–Trinajstić information content (AvgIpc) is 2.73. The Morgan fingerprint density at radius 1 is 1.47 bits per heavy atom. The van der Waals surface area contributed by atoms with Crippen LogP contribution in [0.1, 0.15) is 37.1 Å². The molecule has 0 bridgehead atoms. The lowest BCUT2D eigenvalue weighted by Crippen LogP contribution is -2.30. The molecule has 0 unspecified atom stereocenters. The molecule has 0 saturated heterocycles. The lowest BCUT2D eigenvalue weighted by Gasteiger charge is -2.21. The Labute approximate surface area is 120 Å². The predicted molar refractivity (Wildman–Crippen MR) is 82.1 cm³/mol. The largest absolute Gasteiger partial charge is 0.341 e. The van der Waals surface area contributed by atoms with Crippen LogP contribution in [0.3, 0.4) is 0 Å². The second kappa shape index (κ2) is 7.65. The summed E-state index contributed by atoms with van der Waals surface area (Å²) in [5.74, 6) is 1.09. The Morgan fingerprint density at radius 2 is 2.16 bits per heavy atom. The summed E-state index contributed by atoms with van der Waals surface area (Å²) in [5.41, 5.74) is 7.03. The third kappa shape index (κ3) is 5.33. The Morgan fingerprint density at radius 3 is 2.63 bits per heavy atom. The molecule has 3 nitrogen and oxygen atoms in total. The van der Waals surface area contributed by atoms with Crippen molar-refractivity contribution in [3.05, 3.63) is 21.9 Å². The highest BCUT2D eigenvalue weighted by molar-refractivity contribution is 7.10. The summed E-state index contributed by atoms with van der Waals surface area (Å²) >= 11 is 1.71. The molecule has 1 aromatic rings. The molecule has 1 atom stereocenters. The Bertz CT molecular complexity index is 401. The molecular formula is C15H26N2OS. The Hall–Kier alpha value is -0.870. The molecule has 1 amide bonds. The van der Waals surface area contributed by atoms with Gasteiger partial charge in [-0.2, -0.15) is 0 Å². The SMILES string of the molecule is Cc1ccsc1CN(C)C(=O)C[C@@H](CN)CC(C)C. The second-order valence-electron chi connectivity index (χ2n) is 5.71. The van der Waals surface area contributed by atoms with Crippen LogP contribution in [-0.2, 0) is 11.3 Å². The minimum absolute atomic E-state index is 0.198. The topological polar surface area (TPSA) is 46.3 Å². The fourth-order valence-corrected chi connectivity index (χ4v) is 3.16. The average molecular weight is 282 g/mol. The van der Waals surface area contributed by atoms with Gasteiger partial charge >= 0.3 is 0 Å². The van der Waals surface area contributed by atoms with Gasteiger partial charge in [-0.1, -0.05) is 13.8 Å². The zero-order valence-electron chi connectivity index (χ0n) is 12.5. The molecule has 0 aliphatic heterocycles. The van der Waals surface area contributed by atoms with Crippen molar-refractivity contribution < 1.29 is 4.79 Å². The van der Waals surface area contributed by atoms with Crippen molar-refractivity contribution in [3.63, 3.8) is 0 Å². The van der Waals surface area contributed by atoms with E-state index in [1.807, 2.05) is 11.9 Å². The minimum atomic E-state index is 0.198. The summed E-state index contributed by atoms with van der Waals surface area (Å²) < 4.78 is 0. The molecule has 2 N–H and O–H groups in total. The summed E-state index contributed by atoms with van der Waals surface area (Å²) in [7, 11) is 1.88. The molecule has 0 radical (unpaired) electrons. The molecule has 108 valence electrons. The molecule has 0 aliphatic rings. The zero-order chi connectivity index (χ0) is 14.4. The van der Waals surface area contributed by atoms with Crippen molar-refractivity contribution in [3.8, 4) is 0 Å². The molecule has 0 aliphatic carbocycles. The maximum atomic E-state index is 12.2. The highest BCUT2D eigenvalue weighted by atomic mass is 32.1. The third-order valence-electron chi connectivity index (χ3n) is 3.38. The van der Waals surface area contributed by atoms with Gasteiger partial charge in [0.05, 0.1) is 6.54 Å². The fraction of sp³-hybridized carbons (Fsp3) is 0.667. The van der Waals surface area contributed by atoms with Crippen molar-refractivity contribution in [2.24, 2.45) is 17.6 Å². The van der Waals surface area contributed by atoms with E-state index in [0.29, 0.717) is 31.3 Å². The van der Waals surface area contributed by atoms with Gasteiger partial charge in [0, 0.05) is 18.3 Å². The minimum Gasteiger partial charge on any atom is -0.341 e. The lowest BCUT2D eigenvalue weighted by molar-refractivity contribution is -0.131. The van der Waals surface area contributed by atoms with E-state index in [-0.39, 0.29) is 5.91 Å². The van der Waals surface area contributed by atoms with E-state index < -0.39 is 0 Å². The monoisotopic (exact) mass is 282 g/mol. The highest BCUT2D eigenvalue weighted by Crippen LogP contribution is 2.19. The zero-order valence-corrected chi connectivity index (χ0v) is 13.3. The van der Waals surface area contributed by atoms with E-state index in [9.17, 15) is 4.79 Å². The maximum Gasteiger partial charge on any atom is 0.222 e. The standard InChI is InChI=1S/C15H26N2OS/c1-11(2)7-13(9-16)8-15(18)17(4)10-14-12(3)5-6-19-14/h5-6,11,13H,7-10,16H2,1-4H3/t13-/m0/s1. The number of aryl methyl sites for hydroxylation is 1. The summed E-state index contributed by atoms with van der Waals surface area (Å²) in [6.07, 6.45) is 1.59. The lowest BCUT2D eigenvalue weighted by atomic mass is 9.94. The first-order valence-electron chi connectivity index (χ1n) is 6.91. The number of carbonyl (C=O) groups is 1. The van der Waals surface area contributed by atoms with Gasteiger partial charge in [-0.05, 0) is 48.7 Å². The number of rotatable bonds is 7. The molecule has 1 rings (SSSR count). The van der Waals surface area contributed by atoms with Crippen LogP contribution in [0.25, 0.3) is 0 Å². The van der Waals surface area contributed by atoms with Crippen molar-refractivity contribution >= 4 is 17.2 Å². The number of carbonyl (C=O) groups excluding carboxylic acids is 1. The fourth-order valence-electron chi connectivity index (χ4n) is 2.20. The van der Waals surface area contributed by atoms with E-state index in [2.05, 4.69) is 32.2 Å². The number of hydrogen-bond acceptors (Lipinski definition) is 3. The first kappa shape index (κ1) is 16.2. The molecule has 4 heteroatoms. The van der Waals surface area contributed by atoms with Crippen LogP contribution in [0.5, 0.6) is 0 Å². The number of hydrogen-bond donors (Lipinski definition) is 1. The van der Waals surface area contributed by atoms with Crippen molar-refractivity contribution in [2.75, 3.05) is 13.6 Å². The van der Waals surface area contributed by atoms with Crippen LogP contribution < -0.4 is 5.73 Å². The van der Waals surface area contributed by atoms with Crippen molar-refractivity contribution in [1.29, 1.82) is 0 Å². The number of amides is 1. The van der Waals surface area contributed by atoms with Gasteiger partial charge in [-0.15, -0.1) is 11.3 Å². The first-order valence-corrected chi connectivity index (χ1v) is 7.79. The number of nitrogens with zero attached hydrogens (tertiary/aromatic N) is 1. The molecule has 0 aromatic carbocycles. The molecule has 0 saturated carbocycles. The summed E-state index contributed by atoms with van der Waals surface area (Å²) in [4.78, 5) is 15.3. The number of thiophene rings is 1. The Balaban J connectivity index is 2.50. The van der Waals surface area contributed by atoms with Crippen LogP contribution in [0.15, 0.2) is 11.4 Å². The van der Waals surface area contributed by atoms with E-state index in [1.54, 1.807) is 11.3 Å². The summed E-state index contributed by atoms with van der Waals surface area (Å²) in [5, 5.41) is 2.07. The summed E-state index contributed by atoms with van der Waals surface area (Å²) in [6, 6.07) is 2.10. The quantitative estimate of drug-likeness (QED) is 0.835. The second-order valence-corrected chi connectivity index (χ2v) is 6.71. The highest BCUT2D eigenvalue weighted by Gasteiger charge is 2.17. The van der Waals surface area contributed by atoms with Gasteiger partial charge in [0.25, 0.3) is 0 Å². The van der Waals surface area contributed by atoms with Crippen LogP contribution in [0.2, 0.25) is 0 Å². The van der Waals surface area contributed by atoms with E-state index in [0.717, 1.165) is 6.42 Å². The molecular weight excluding hydrogens is 256 g/mol. The molecule has 0 fully saturated rings. The van der Waals surface area contributed by atoms with E-state index in [4.69, 9.17) is 5.73 Å². The Kier molecular flexibility index (Phi) is 6.52. The van der Waals surface area contributed by atoms with Gasteiger partial charge in [-0.3, -0.25) is 4.79 Å². The van der Waals surface area contributed by atoms with Crippen molar-refractivity contribution in [1.82, 2.24) is 4.90 Å². The van der Waals surface area contributed by atoms with Crippen LogP contribution >= 0.6 is 11.3 Å². The molecule has 1 aromatic heterocycles. The van der Waals surface area contributed by atoms with Gasteiger partial charge in [0.1, 0.15) is 0 Å². The van der Waals surface area contributed by atoms with E-state index in [1.165, 1.54) is 10.4 Å². The van der Waals surface area contributed by atoms with Crippen LogP contribution in [0, 0.1) is 18.8 Å². The van der Waals surface area contributed by atoms with Gasteiger partial charge in [0.15, 0.2) is 0 Å². The van der Waals surface area contributed by atoms with Gasteiger partial charge < -0.3 is 10.6 Å². The van der Waals surface area contributed by atoms with E-state index >= 15 is 0 Å². The molecule has 0 spiro atoms. The van der Waals surface area contributed by atoms with Crippen molar-refractivity contribution in [2.45, 2.75) is 40.2 Å². The summed E-state index contributed by atoms with van der Waals surface area (Å²) in [6.45, 7) is 7.74. The first-order chi connectivity index (χ1) is 8.93. The molecule has 19 heavy (non-hydrogen) atoms. The third-order valence-corrected chi connectivity index (χ3v) is 4.38. The smallest absolute Gasteiger partial charge is 0.222 e. The number of nitrogens with two attached hydrogens (primary N) is 1.